The van der Waals surface area contributed by atoms with Crippen LogP contribution in [0.2, 0.25) is 0 Å². The zero-order valence-electron chi connectivity index (χ0n) is 16.5. The van der Waals surface area contributed by atoms with Gasteiger partial charge in [-0.1, -0.05) is 23.4 Å². The quantitative estimate of drug-likeness (QED) is 0.588. The second-order valence-corrected chi connectivity index (χ2v) is 7.08. The van der Waals surface area contributed by atoms with Crippen LogP contribution in [0.3, 0.4) is 0 Å². The molecule has 0 unspecified atom stereocenters. The molecule has 0 aliphatic carbocycles. The van der Waals surface area contributed by atoms with Crippen molar-refractivity contribution in [3.63, 3.8) is 0 Å². The van der Waals surface area contributed by atoms with E-state index in [1.165, 1.54) is 0 Å². The molecule has 1 aliphatic rings. The minimum atomic E-state index is -0.589. The van der Waals surface area contributed by atoms with E-state index in [0.717, 1.165) is 5.69 Å². The first-order valence-corrected chi connectivity index (χ1v) is 9.58. The van der Waals surface area contributed by atoms with E-state index in [9.17, 15) is 14.7 Å². The summed E-state index contributed by atoms with van der Waals surface area (Å²) >= 11 is 0. The molecule has 1 aliphatic heterocycles. The Labute approximate surface area is 168 Å². The molecule has 3 amide bonds. The van der Waals surface area contributed by atoms with Crippen LogP contribution in [-0.4, -0.2) is 47.1 Å². The lowest BCUT2D eigenvalue weighted by Crippen LogP contribution is -2.52. The van der Waals surface area contributed by atoms with E-state index in [4.69, 9.17) is 9.26 Å². The third-order valence-corrected chi connectivity index (χ3v) is 4.85. The molecule has 0 spiro atoms. The maximum Gasteiger partial charge on any atom is 0.319 e. The minimum Gasteiger partial charge on any atom is -0.394 e. The number of carbonyl (C=O) groups is 2. The van der Waals surface area contributed by atoms with Crippen molar-refractivity contribution >= 4 is 23.3 Å². The van der Waals surface area contributed by atoms with Crippen molar-refractivity contribution in [3.05, 3.63) is 41.8 Å². The number of hydrogen-bond acceptors (Lipinski definition) is 6. The lowest BCUT2D eigenvalue weighted by atomic mass is 9.97. The number of para-hydroxylation sites is 1. The molecule has 1 aromatic heterocycles. The van der Waals surface area contributed by atoms with Gasteiger partial charge in [0, 0.05) is 5.69 Å². The van der Waals surface area contributed by atoms with Gasteiger partial charge in [-0.25, -0.2) is 4.79 Å². The zero-order valence-corrected chi connectivity index (χ0v) is 16.5. The average molecular weight is 402 g/mol. The Hall–Kier alpha value is -2.91. The van der Waals surface area contributed by atoms with Crippen LogP contribution in [0, 0.1) is 13.8 Å². The smallest absolute Gasteiger partial charge is 0.319 e. The lowest BCUT2D eigenvalue weighted by molar-refractivity contribution is -0.126. The minimum absolute atomic E-state index is 0.152. The number of ether oxygens (including phenoxy) is 1. The highest BCUT2D eigenvalue weighted by atomic mass is 16.5. The molecular weight excluding hydrogens is 376 g/mol. The molecule has 2 heterocycles. The van der Waals surface area contributed by atoms with E-state index in [1.807, 2.05) is 30.3 Å². The van der Waals surface area contributed by atoms with Gasteiger partial charge in [0.15, 0.2) is 5.76 Å². The maximum atomic E-state index is 12.3. The molecule has 9 heteroatoms. The number of urea groups is 1. The SMILES string of the molecule is Cc1noc(C)c1NC(=O)N[C@H]1CC[C@@H](CC(=O)Nc2ccccc2)O[C@@H]1CO. The van der Waals surface area contributed by atoms with Crippen molar-refractivity contribution in [1.29, 1.82) is 0 Å². The number of benzene rings is 1. The molecule has 156 valence electrons. The van der Waals surface area contributed by atoms with Crippen LogP contribution in [0.25, 0.3) is 0 Å². The third-order valence-electron chi connectivity index (χ3n) is 4.85. The fraction of sp³-hybridized carbons (Fsp3) is 0.450. The van der Waals surface area contributed by atoms with E-state index < -0.39 is 12.1 Å². The fourth-order valence-corrected chi connectivity index (χ4v) is 3.37. The highest BCUT2D eigenvalue weighted by Gasteiger charge is 2.33. The van der Waals surface area contributed by atoms with Crippen molar-refractivity contribution in [2.24, 2.45) is 0 Å². The zero-order chi connectivity index (χ0) is 20.8. The summed E-state index contributed by atoms with van der Waals surface area (Å²) in [6.07, 6.45) is 0.454. The first kappa shape index (κ1) is 20.8. The van der Waals surface area contributed by atoms with E-state index in [2.05, 4.69) is 21.1 Å². The lowest BCUT2D eigenvalue weighted by Gasteiger charge is -2.35. The van der Waals surface area contributed by atoms with Gasteiger partial charge in [-0.15, -0.1) is 0 Å². The second-order valence-electron chi connectivity index (χ2n) is 7.08. The van der Waals surface area contributed by atoms with E-state index in [0.29, 0.717) is 30.0 Å². The number of aliphatic hydroxyl groups is 1. The van der Waals surface area contributed by atoms with Gasteiger partial charge in [0.05, 0.1) is 25.2 Å². The van der Waals surface area contributed by atoms with Crippen molar-refractivity contribution in [2.75, 3.05) is 17.2 Å². The molecule has 3 atom stereocenters. The maximum absolute atomic E-state index is 12.3. The van der Waals surface area contributed by atoms with Gasteiger partial charge in [-0.2, -0.15) is 0 Å². The van der Waals surface area contributed by atoms with Crippen LogP contribution < -0.4 is 16.0 Å². The molecular formula is C20H26N4O5. The van der Waals surface area contributed by atoms with E-state index in [-0.39, 0.29) is 31.1 Å². The van der Waals surface area contributed by atoms with Gasteiger partial charge in [0.1, 0.15) is 17.5 Å². The van der Waals surface area contributed by atoms with Crippen molar-refractivity contribution in [2.45, 2.75) is 51.4 Å². The number of rotatable bonds is 6. The van der Waals surface area contributed by atoms with Crippen LogP contribution >= 0.6 is 0 Å². The number of carbonyl (C=O) groups excluding carboxylic acids is 2. The number of aryl methyl sites for hydroxylation is 2. The van der Waals surface area contributed by atoms with Gasteiger partial charge < -0.3 is 30.3 Å². The second kappa shape index (κ2) is 9.53. The molecule has 0 radical (unpaired) electrons. The summed E-state index contributed by atoms with van der Waals surface area (Å²) in [5, 5.41) is 21.8. The molecule has 0 saturated carbocycles. The van der Waals surface area contributed by atoms with Crippen LogP contribution in [0.1, 0.15) is 30.7 Å². The van der Waals surface area contributed by atoms with Gasteiger partial charge in [0.2, 0.25) is 5.91 Å². The van der Waals surface area contributed by atoms with Crippen molar-refractivity contribution in [1.82, 2.24) is 10.5 Å². The number of aromatic nitrogens is 1. The Morgan fingerprint density at radius 1 is 1.17 bits per heavy atom. The highest BCUT2D eigenvalue weighted by Crippen LogP contribution is 2.23. The molecule has 0 bridgehead atoms. The number of anilines is 2. The Morgan fingerprint density at radius 3 is 2.59 bits per heavy atom. The molecule has 1 aromatic carbocycles. The van der Waals surface area contributed by atoms with Gasteiger partial charge >= 0.3 is 6.03 Å². The Balaban J connectivity index is 1.50. The molecule has 4 N–H and O–H groups in total. The topological polar surface area (TPSA) is 126 Å². The van der Waals surface area contributed by atoms with E-state index >= 15 is 0 Å². The molecule has 29 heavy (non-hydrogen) atoms. The van der Waals surface area contributed by atoms with Crippen LogP contribution in [-0.2, 0) is 9.53 Å². The highest BCUT2D eigenvalue weighted by molar-refractivity contribution is 5.91. The summed E-state index contributed by atoms with van der Waals surface area (Å²) < 4.78 is 10.9. The summed E-state index contributed by atoms with van der Waals surface area (Å²) in [5.74, 6) is 0.362. The van der Waals surface area contributed by atoms with Gasteiger partial charge in [-0.3, -0.25) is 4.79 Å². The molecule has 2 aromatic rings. The monoisotopic (exact) mass is 402 g/mol. The summed E-state index contributed by atoms with van der Waals surface area (Å²) in [6.45, 7) is 3.19. The number of nitrogens with one attached hydrogen (secondary N) is 3. The normalized spacial score (nSPS) is 21.4. The van der Waals surface area contributed by atoms with Crippen molar-refractivity contribution < 1.29 is 24.0 Å². The number of aliphatic hydroxyl groups excluding tert-OH is 1. The molecule has 9 nitrogen and oxygen atoms in total. The molecule has 1 fully saturated rings. The fourth-order valence-electron chi connectivity index (χ4n) is 3.37. The Morgan fingerprint density at radius 2 is 1.93 bits per heavy atom. The number of hydrogen-bond donors (Lipinski definition) is 4. The van der Waals surface area contributed by atoms with Gasteiger partial charge in [0.25, 0.3) is 0 Å². The standard InChI is InChI=1S/C20H26N4O5/c1-12-19(13(2)29-24-12)23-20(27)22-16-9-8-15(28-17(16)11-25)10-18(26)21-14-6-4-3-5-7-14/h3-7,15-17,25H,8-11H2,1-2H3,(H,21,26)(H2,22,23,27)/t15-,16-,17+/m0/s1. The number of amides is 3. The average Bonchev–Trinajstić information content (AvgIpc) is 3.01. The van der Waals surface area contributed by atoms with Gasteiger partial charge in [-0.05, 0) is 38.8 Å². The van der Waals surface area contributed by atoms with Crippen LogP contribution in [0.15, 0.2) is 34.9 Å². The van der Waals surface area contributed by atoms with Crippen LogP contribution in [0.5, 0.6) is 0 Å². The Kier molecular flexibility index (Phi) is 6.84. The number of nitrogens with zero attached hydrogens (tertiary/aromatic N) is 1. The first-order chi connectivity index (χ1) is 14.0. The van der Waals surface area contributed by atoms with Crippen molar-refractivity contribution in [3.8, 4) is 0 Å². The summed E-state index contributed by atoms with van der Waals surface area (Å²) in [6, 6.07) is 8.40. The van der Waals surface area contributed by atoms with Crippen LogP contribution in [0.4, 0.5) is 16.2 Å². The predicted molar refractivity (Wildman–Crippen MR) is 107 cm³/mol. The third kappa shape index (κ3) is 5.55. The predicted octanol–water partition coefficient (Wildman–Crippen LogP) is 2.35. The van der Waals surface area contributed by atoms with E-state index in [1.54, 1.807) is 13.8 Å². The molecule has 3 rings (SSSR count). The summed E-state index contributed by atoms with van der Waals surface area (Å²) in [5.41, 5.74) is 1.83. The molecule has 1 saturated heterocycles. The summed E-state index contributed by atoms with van der Waals surface area (Å²) in [7, 11) is 0. The Bertz CT molecular complexity index is 819. The largest absolute Gasteiger partial charge is 0.394 e. The summed E-state index contributed by atoms with van der Waals surface area (Å²) in [4.78, 5) is 24.5. The first-order valence-electron chi connectivity index (χ1n) is 9.58.